The highest BCUT2D eigenvalue weighted by Crippen LogP contribution is 2.77. The predicted molar refractivity (Wildman–Crippen MR) is 234 cm³/mol. The van der Waals surface area contributed by atoms with Crippen molar-refractivity contribution in [3.8, 4) is 0 Å². The number of rotatable bonds is 11. The molecule has 0 aromatic heterocycles. The molecule has 66 heavy (non-hydrogen) atoms. The maximum Gasteiger partial charge on any atom is 0.186 e. The Morgan fingerprint density at radius 2 is 1.21 bits per heavy atom. The third-order valence-corrected chi connectivity index (χ3v) is 19.1. The second-order valence-corrected chi connectivity index (χ2v) is 23.3. The quantitative estimate of drug-likeness (QED) is 0.0893. The fourth-order valence-corrected chi connectivity index (χ4v) is 15.5. The van der Waals surface area contributed by atoms with Crippen LogP contribution in [0.1, 0.15) is 107 Å². The predicted octanol–water partition coefficient (Wildman–Crippen LogP) is -0.784. The molecule has 7 rings (SSSR count). The fraction of sp³-hybridized carbons (Fsp3) is 0.958. The van der Waals surface area contributed by atoms with Crippen molar-refractivity contribution >= 4 is 0 Å². The van der Waals surface area contributed by atoms with Crippen LogP contribution in [-0.4, -0.2) is 196 Å². The molecule has 0 aromatic rings. The molecule has 0 amide bonds. The first kappa shape index (κ1) is 52.8. The highest BCUT2D eigenvalue weighted by atomic mass is 16.7. The van der Waals surface area contributed by atoms with Crippen LogP contribution in [0.25, 0.3) is 0 Å². The van der Waals surface area contributed by atoms with Crippen molar-refractivity contribution in [3.63, 3.8) is 0 Å². The summed E-state index contributed by atoms with van der Waals surface area (Å²) in [6, 6.07) is 0. The molecule has 18 nitrogen and oxygen atoms in total. The molecule has 0 bridgehead atoms. The zero-order valence-corrected chi connectivity index (χ0v) is 40.1. The summed E-state index contributed by atoms with van der Waals surface area (Å²) < 4.78 is 31.6. The summed E-state index contributed by atoms with van der Waals surface area (Å²) in [5.41, 5.74) is -3.18. The first-order chi connectivity index (χ1) is 30.7. The molecule has 1 unspecified atom stereocenters. The monoisotopic (exact) mass is 947 g/mol. The Labute approximate surface area is 388 Å². The van der Waals surface area contributed by atoms with Crippen LogP contribution in [0, 0.1) is 50.7 Å². The Morgan fingerprint density at radius 3 is 1.80 bits per heavy atom. The Bertz CT molecular complexity index is 1710. The van der Waals surface area contributed by atoms with E-state index in [-0.39, 0.29) is 24.7 Å². The van der Waals surface area contributed by atoms with Gasteiger partial charge in [-0.25, -0.2) is 0 Å². The molecule has 7 fully saturated rings. The maximum atomic E-state index is 12.9. The summed E-state index contributed by atoms with van der Waals surface area (Å²) in [7, 11) is 0. The van der Waals surface area contributed by atoms with Gasteiger partial charge in [-0.15, -0.1) is 0 Å². The summed E-state index contributed by atoms with van der Waals surface area (Å²) in [6.45, 7) is 16.4. The normalized spacial score (nSPS) is 54.7. The van der Waals surface area contributed by atoms with Crippen molar-refractivity contribution < 1.29 is 90.1 Å². The van der Waals surface area contributed by atoms with Crippen molar-refractivity contribution in [2.75, 3.05) is 13.2 Å². The lowest BCUT2D eigenvalue weighted by molar-refractivity contribution is -0.363. The number of hydrogen-bond acceptors (Lipinski definition) is 18. The van der Waals surface area contributed by atoms with Gasteiger partial charge in [0.15, 0.2) is 12.6 Å². The van der Waals surface area contributed by atoms with Crippen LogP contribution in [0.15, 0.2) is 11.6 Å². The molecule has 3 aliphatic heterocycles. The van der Waals surface area contributed by atoms with Crippen LogP contribution in [0.5, 0.6) is 0 Å². The van der Waals surface area contributed by atoms with Gasteiger partial charge in [-0.2, -0.15) is 0 Å². The van der Waals surface area contributed by atoms with Gasteiger partial charge >= 0.3 is 0 Å². The summed E-state index contributed by atoms with van der Waals surface area (Å²) in [6.07, 6.45) is -20.4. The van der Waals surface area contributed by atoms with Gasteiger partial charge in [-0.3, -0.25) is 0 Å². The molecule has 27 atom stereocenters. The van der Waals surface area contributed by atoms with E-state index in [9.17, 15) is 66.4 Å². The third kappa shape index (κ3) is 8.29. The minimum atomic E-state index is -1.71. The van der Waals surface area contributed by atoms with E-state index in [0.29, 0.717) is 32.1 Å². The van der Waals surface area contributed by atoms with Crippen molar-refractivity contribution in [2.45, 2.75) is 224 Å². The molecule has 0 radical (unpaired) electrons. The summed E-state index contributed by atoms with van der Waals surface area (Å²) >= 11 is 0. The minimum Gasteiger partial charge on any atom is -0.394 e. The van der Waals surface area contributed by atoms with E-state index in [0.717, 1.165) is 5.57 Å². The molecule has 3 heterocycles. The van der Waals surface area contributed by atoms with Gasteiger partial charge in [0.25, 0.3) is 0 Å². The van der Waals surface area contributed by atoms with Crippen LogP contribution < -0.4 is 0 Å². The fourth-order valence-electron chi connectivity index (χ4n) is 15.5. The number of aliphatic hydroxyl groups is 13. The molecule has 4 saturated carbocycles. The minimum absolute atomic E-state index is 0.152. The summed E-state index contributed by atoms with van der Waals surface area (Å²) in [5, 5.41) is 145. The largest absolute Gasteiger partial charge is 0.394 e. The SMILES string of the molecule is CC(C)=CCC[C@](C)([C@@H]1O[C@H](CO)[C@@H](O)[C@H](O)[C@H]1O)[C@H]1CC[C@]2(C)[C@@H]1[C@H](O)C[C@@H]1[C@@]3(C)CC(O[C@@H]4O[C@@H](C)[C@H](O)[C@@H](O)[C@H]4O)[C@H](O)C(C)(C)[C@@H]3[C@@H](O[C@@H]3O[C@H](CO)[C@@H](O)[C@H](O)[C@H]3O)C[C@]12C. The van der Waals surface area contributed by atoms with Gasteiger partial charge < -0.3 is 90.1 Å². The van der Waals surface area contributed by atoms with E-state index in [1.165, 1.54) is 0 Å². The average Bonchev–Trinajstić information content (AvgIpc) is 3.64. The van der Waals surface area contributed by atoms with Gasteiger partial charge in [0.2, 0.25) is 0 Å². The van der Waals surface area contributed by atoms with E-state index in [1.807, 2.05) is 34.6 Å². The van der Waals surface area contributed by atoms with Crippen LogP contribution in [0.3, 0.4) is 0 Å². The highest BCUT2D eigenvalue weighted by Gasteiger charge is 2.75. The van der Waals surface area contributed by atoms with Gasteiger partial charge in [0, 0.05) is 0 Å². The standard InChI is InChI=1S/C48H82O18/c1-20(2)11-10-13-45(6,41-36(58)34(56)31(53)26(18-49)63-41)22-12-14-47(8)29(22)23(51)15-28-46(7)16-25(65-42-37(59)33(55)30(52)21(3)62-42)40(61)44(4,5)39(46)24(17-48(28,47)9)64-43-38(60)35(57)32(54)27(19-50)66-43/h11,21-43,49-61H,10,12-19H2,1-9H3/t21-,22-,23+,24-,25?,26+,27+,28+,29-,30-,31+,32+,33+,34-,35-,36+,37+,38+,39-,40-,41+,42-,43+,45-,46+,47+,48+/m0/s1. The van der Waals surface area contributed by atoms with Crippen LogP contribution in [-0.2, 0) is 23.7 Å². The third-order valence-electron chi connectivity index (χ3n) is 19.1. The lowest BCUT2D eigenvalue weighted by Crippen LogP contribution is -2.73. The second-order valence-electron chi connectivity index (χ2n) is 23.3. The van der Waals surface area contributed by atoms with E-state index >= 15 is 0 Å². The molecular weight excluding hydrogens is 865 g/mol. The van der Waals surface area contributed by atoms with E-state index in [1.54, 1.807) is 6.92 Å². The Kier molecular flexibility index (Phi) is 15.1. The van der Waals surface area contributed by atoms with Crippen molar-refractivity contribution in [3.05, 3.63) is 11.6 Å². The number of allylic oxidation sites excluding steroid dienone is 2. The van der Waals surface area contributed by atoms with Crippen molar-refractivity contribution in [1.82, 2.24) is 0 Å². The Hall–Kier alpha value is -0.980. The highest BCUT2D eigenvalue weighted by molar-refractivity contribution is 5.23. The zero-order chi connectivity index (χ0) is 49.0. The van der Waals surface area contributed by atoms with Gasteiger partial charge in [-0.1, -0.05) is 53.2 Å². The lowest BCUT2D eigenvalue weighted by Gasteiger charge is -2.72. The van der Waals surface area contributed by atoms with Crippen molar-refractivity contribution in [2.24, 2.45) is 50.7 Å². The molecule has 4 aliphatic carbocycles. The number of hydrogen-bond donors (Lipinski definition) is 13. The Balaban J connectivity index is 1.32. The van der Waals surface area contributed by atoms with E-state index in [2.05, 4.69) is 26.8 Å². The van der Waals surface area contributed by atoms with Crippen LogP contribution in [0.2, 0.25) is 0 Å². The molecule has 382 valence electrons. The lowest BCUT2D eigenvalue weighted by atomic mass is 9.34. The number of fused-ring (bicyclic) bond motifs is 5. The molecule has 0 aromatic carbocycles. The number of ether oxygens (including phenoxy) is 5. The smallest absolute Gasteiger partial charge is 0.186 e. The molecule has 13 N–H and O–H groups in total. The average molecular weight is 947 g/mol. The molecular formula is C48H82O18. The van der Waals surface area contributed by atoms with Crippen molar-refractivity contribution in [1.29, 1.82) is 0 Å². The Morgan fingerprint density at radius 1 is 0.667 bits per heavy atom. The van der Waals surface area contributed by atoms with Crippen LogP contribution >= 0.6 is 0 Å². The van der Waals surface area contributed by atoms with Gasteiger partial charge in [-0.05, 0) is 116 Å². The molecule has 7 aliphatic rings. The zero-order valence-electron chi connectivity index (χ0n) is 40.1. The maximum absolute atomic E-state index is 12.9. The molecule has 3 saturated heterocycles. The van der Waals surface area contributed by atoms with E-state index < -0.39 is 168 Å². The summed E-state index contributed by atoms with van der Waals surface area (Å²) in [5.74, 6) is -1.59. The molecule has 18 heteroatoms. The topological polar surface area (TPSA) is 309 Å². The second kappa shape index (κ2) is 18.9. The molecule has 0 spiro atoms. The van der Waals surface area contributed by atoms with E-state index in [4.69, 9.17) is 23.7 Å². The van der Waals surface area contributed by atoms with Crippen LogP contribution in [0.4, 0.5) is 0 Å². The summed E-state index contributed by atoms with van der Waals surface area (Å²) in [4.78, 5) is 0. The first-order valence-corrected chi connectivity index (χ1v) is 24.3. The first-order valence-electron chi connectivity index (χ1n) is 24.3. The van der Waals surface area contributed by atoms with Gasteiger partial charge in [0.05, 0.1) is 49.8 Å². The van der Waals surface area contributed by atoms with Gasteiger partial charge in [0.1, 0.15) is 67.1 Å². The number of aliphatic hydroxyl groups excluding tert-OH is 13.